The van der Waals surface area contributed by atoms with Crippen molar-refractivity contribution < 1.29 is 104 Å². The van der Waals surface area contributed by atoms with Crippen LogP contribution >= 0.6 is 0 Å². The van der Waals surface area contributed by atoms with Crippen LogP contribution in [-0.2, 0) is 42.8 Å². The number of amides is 2. The molecule has 23 nitrogen and oxygen atoms in total. The maximum atomic E-state index is 13.6. The first-order chi connectivity index (χ1) is 48.4. The van der Waals surface area contributed by atoms with Crippen LogP contribution in [0.1, 0.15) is 310 Å². The molecule has 3 heterocycles. The number of aliphatic hydroxyl groups is 11. The SMILES string of the molecule is CCCCCCCCCCC/C=C\C/C=C\CCCCCCCCCCCC(=O)NC(COC1OC(CO)C(OC2OC(CO)C(O)C(OC3(C(=O)O)CC(O)C(NC(C)=O)C(C(O)C(O)CO)O3)C2O)C(O)C1O)C(O)CCCCCCCCCCCCCCCCCCCCCCC. The number of carboxylic acids is 1. The fourth-order valence-corrected chi connectivity index (χ4v) is 13.9. The molecule has 0 aromatic carbocycles. The van der Waals surface area contributed by atoms with Gasteiger partial charge in [0.25, 0.3) is 5.79 Å². The number of carbonyl (C=O) groups is 3. The molecule has 3 saturated heterocycles. The summed E-state index contributed by atoms with van der Waals surface area (Å²) in [6.45, 7) is 2.24. The Balaban J connectivity index is 1.53. The van der Waals surface area contributed by atoms with E-state index < -0.39 is 148 Å². The van der Waals surface area contributed by atoms with E-state index in [9.17, 15) is 75.7 Å². The summed E-state index contributed by atoms with van der Waals surface area (Å²) in [5.74, 6) is -6.10. The molecule has 0 aromatic rings. The number of hydrogen-bond donors (Lipinski definition) is 14. The van der Waals surface area contributed by atoms with Crippen molar-refractivity contribution in [1.82, 2.24) is 10.6 Å². The van der Waals surface area contributed by atoms with Gasteiger partial charge in [0, 0.05) is 19.8 Å². The Kier molecular flexibility index (Phi) is 51.7. The number of aliphatic carboxylic acids is 1. The van der Waals surface area contributed by atoms with Gasteiger partial charge in [-0.3, -0.25) is 9.59 Å². The van der Waals surface area contributed by atoms with Crippen molar-refractivity contribution >= 4 is 17.8 Å². The van der Waals surface area contributed by atoms with Gasteiger partial charge in [0.05, 0.1) is 50.7 Å². The first-order valence-corrected chi connectivity index (χ1v) is 39.7. The minimum absolute atomic E-state index is 0.219. The van der Waals surface area contributed by atoms with E-state index in [2.05, 4.69) is 48.8 Å². The van der Waals surface area contributed by atoms with Crippen LogP contribution in [0.15, 0.2) is 24.3 Å². The lowest BCUT2D eigenvalue weighted by Crippen LogP contribution is -2.70. The van der Waals surface area contributed by atoms with Gasteiger partial charge in [-0.25, -0.2) is 4.79 Å². The summed E-state index contributed by atoms with van der Waals surface area (Å²) >= 11 is 0. The minimum Gasteiger partial charge on any atom is -0.477 e. The van der Waals surface area contributed by atoms with Crippen LogP contribution in [0.5, 0.6) is 0 Å². The van der Waals surface area contributed by atoms with E-state index in [0.717, 1.165) is 71.1 Å². The number of unbranched alkanes of at least 4 members (excludes halogenated alkanes) is 38. The molecule has 100 heavy (non-hydrogen) atoms. The summed E-state index contributed by atoms with van der Waals surface area (Å²) in [7, 11) is 0. The fourth-order valence-electron chi connectivity index (χ4n) is 13.9. The van der Waals surface area contributed by atoms with Crippen molar-refractivity contribution in [3.63, 3.8) is 0 Å². The molecule has 23 heteroatoms. The summed E-state index contributed by atoms with van der Waals surface area (Å²) in [4.78, 5) is 38.7. The lowest BCUT2D eigenvalue weighted by atomic mass is 9.88. The Hall–Kier alpha value is -2.79. The number of nitrogens with one attached hydrogen (secondary N) is 2. The summed E-state index contributed by atoms with van der Waals surface area (Å²) in [5, 5.41) is 137. The van der Waals surface area contributed by atoms with E-state index in [0.29, 0.717) is 19.3 Å². The normalized spacial score (nSPS) is 27.0. The standard InChI is InChI=1S/C77H142N2O21/c1-4-6-8-10-12-14-16-18-20-22-24-26-27-28-29-31-33-35-37-39-41-43-45-47-49-51-64(87)79-58(59(84)50-48-46-44-42-40-38-36-34-32-30-25-23-21-19-17-15-13-11-9-7-5-2)56-95-74-69(91)68(90)71(63(55-82)97-74)98-75-70(92)73(67(89)62(54-81)96-75)100-77(76(93)94)52-60(85)65(78-57(3)83)72(99-77)66(88)61(86)53-80/h24,26,28-29,58-63,65-75,80-82,84-86,88-92H,4-23,25,27,30-56H2,1-3H3,(H,78,83)(H,79,87)(H,93,94)/b26-24-,29-28-. The second kappa shape index (κ2) is 56.5. The van der Waals surface area contributed by atoms with Crippen molar-refractivity contribution in [2.45, 2.75) is 420 Å². The van der Waals surface area contributed by atoms with E-state index in [1.807, 2.05) is 0 Å². The molecule has 0 aliphatic carbocycles. The number of carboxylic acid groups (broad SMARTS) is 1. The zero-order valence-corrected chi connectivity index (χ0v) is 61.8. The highest BCUT2D eigenvalue weighted by molar-refractivity contribution is 5.77. The second-order valence-electron chi connectivity index (χ2n) is 28.9. The van der Waals surface area contributed by atoms with Crippen molar-refractivity contribution in [2.24, 2.45) is 0 Å². The number of hydrogen-bond acceptors (Lipinski definition) is 20. The van der Waals surface area contributed by atoms with Gasteiger partial charge in [0.15, 0.2) is 12.6 Å². The van der Waals surface area contributed by atoms with Crippen LogP contribution in [0.3, 0.4) is 0 Å². The average molecular weight is 1430 g/mol. The van der Waals surface area contributed by atoms with E-state index in [1.54, 1.807) is 0 Å². The van der Waals surface area contributed by atoms with Crippen LogP contribution in [0.2, 0.25) is 0 Å². The topological polar surface area (TPSA) is 373 Å². The highest BCUT2D eigenvalue weighted by atomic mass is 16.8. The van der Waals surface area contributed by atoms with Crippen LogP contribution in [0.25, 0.3) is 0 Å². The monoisotopic (exact) mass is 1430 g/mol. The Bertz CT molecular complexity index is 2100. The zero-order valence-electron chi connectivity index (χ0n) is 61.8. The molecule has 3 aliphatic rings. The minimum atomic E-state index is -3.08. The maximum Gasteiger partial charge on any atom is 0.364 e. The predicted octanol–water partition coefficient (Wildman–Crippen LogP) is 9.96. The van der Waals surface area contributed by atoms with E-state index in [1.165, 1.54) is 193 Å². The van der Waals surface area contributed by atoms with Gasteiger partial charge in [-0.05, 0) is 44.9 Å². The van der Waals surface area contributed by atoms with Gasteiger partial charge in [0.1, 0.15) is 67.1 Å². The highest BCUT2D eigenvalue weighted by Crippen LogP contribution is 2.39. The fraction of sp³-hybridized carbons (Fsp3) is 0.909. The van der Waals surface area contributed by atoms with E-state index in [-0.39, 0.29) is 18.9 Å². The van der Waals surface area contributed by atoms with Crippen molar-refractivity contribution in [2.75, 3.05) is 26.4 Å². The Morgan fingerprint density at radius 3 is 1.40 bits per heavy atom. The molecule has 586 valence electrons. The van der Waals surface area contributed by atoms with Crippen LogP contribution < -0.4 is 10.6 Å². The van der Waals surface area contributed by atoms with Gasteiger partial charge in [-0.15, -0.1) is 0 Å². The number of rotatable bonds is 62. The predicted molar refractivity (Wildman–Crippen MR) is 385 cm³/mol. The molecular formula is C77H142N2O21. The zero-order chi connectivity index (χ0) is 73.2. The van der Waals surface area contributed by atoms with Gasteiger partial charge < -0.3 is 100 Å². The van der Waals surface area contributed by atoms with Crippen molar-refractivity contribution in [1.29, 1.82) is 0 Å². The number of ether oxygens (including phenoxy) is 6. The quantitative estimate of drug-likeness (QED) is 0.0199. The number of aliphatic hydroxyl groups excluding tert-OH is 11. The third-order valence-electron chi connectivity index (χ3n) is 20.2. The Labute approximate surface area is 600 Å². The molecule has 14 N–H and O–H groups in total. The molecule has 3 aliphatic heterocycles. The summed E-state index contributed by atoms with van der Waals surface area (Å²) in [5.41, 5.74) is 0. The largest absolute Gasteiger partial charge is 0.477 e. The molecule has 0 saturated carbocycles. The Morgan fingerprint density at radius 1 is 0.520 bits per heavy atom. The summed E-state index contributed by atoms with van der Waals surface area (Å²) < 4.78 is 35.0. The van der Waals surface area contributed by atoms with Crippen LogP contribution in [0, 0.1) is 0 Å². The van der Waals surface area contributed by atoms with Crippen LogP contribution in [-0.4, -0.2) is 215 Å². The summed E-state index contributed by atoms with van der Waals surface area (Å²) in [6, 6.07) is -2.53. The molecular weight excluding hydrogens is 1290 g/mol. The van der Waals surface area contributed by atoms with Gasteiger partial charge in [-0.2, -0.15) is 0 Å². The second-order valence-corrected chi connectivity index (χ2v) is 28.9. The lowest BCUT2D eigenvalue weighted by Gasteiger charge is -2.50. The first kappa shape index (κ1) is 91.4. The van der Waals surface area contributed by atoms with E-state index >= 15 is 0 Å². The average Bonchev–Trinajstić information content (AvgIpc) is 0.758. The van der Waals surface area contributed by atoms with Gasteiger partial charge in [-0.1, -0.05) is 269 Å². The summed E-state index contributed by atoms with van der Waals surface area (Å²) in [6.07, 6.45) is 31.6. The Morgan fingerprint density at radius 2 is 0.960 bits per heavy atom. The number of carbonyl (C=O) groups excluding carboxylic acids is 2. The molecule has 2 amide bonds. The van der Waals surface area contributed by atoms with Crippen molar-refractivity contribution in [3.8, 4) is 0 Å². The molecule has 3 rings (SSSR count). The van der Waals surface area contributed by atoms with Gasteiger partial charge in [0.2, 0.25) is 11.8 Å². The molecule has 0 radical (unpaired) electrons. The molecule has 18 unspecified atom stereocenters. The molecule has 3 fully saturated rings. The molecule has 18 atom stereocenters. The molecule has 0 aromatic heterocycles. The molecule has 0 spiro atoms. The van der Waals surface area contributed by atoms with E-state index in [4.69, 9.17) is 28.4 Å². The third kappa shape index (κ3) is 37.0. The van der Waals surface area contributed by atoms with Crippen molar-refractivity contribution in [3.05, 3.63) is 24.3 Å². The molecule has 0 bridgehead atoms. The highest BCUT2D eigenvalue weighted by Gasteiger charge is 2.60. The van der Waals surface area contributed by atoms with Gasteiger partial charge >= 0.3 is 5.97 Å². The lowest BCUT2D eigenvalue weighted by molar-refractivity contribution is -0.386. The third-order valence-corrected chi connectivity index (χ3v) is 20.2. The smallest absolute Gasteiger partial charge is 0.364 e. The maximum absolute atomic E-state index is 13.6. The number of allylic oxidation sites excluding steroid dienone is 4. The first-order valence-electron chi connectivity index (χ1n) is 39.7. The van der Waals surface area contributed by atoms with Crippen LogP contribution in [0.4, 0.5) is 0 Å².